The van der Waals surface area contributed by atoms with Crippen LogP contribution in [0.2, 0.25) is 0 Å². The van der Waals surface area contributed by atoms with E-state index in [9.17, 15) is 9.18 Å². The number of hydrogen-bond acceptors (Lipinski definition) is 3. The molecule has 1 aromatic carbocycles. The number of anilines is 1. The lowest BCUT2D eigenvalue weighted by Crippen LogP contribution is -2.38. The van der Waals surface area contributed by atoms with Gasteiger partial charge in [0.05, 0.1) is 0 Å². The molecule has 1 aromatic rings. The second-order valence-corrected chi connectivity index (χ2v) is 6.14. The Hall–Kier alpha value is -1.78. The smallest absolute Gasteiger partial charge is 0.407 e. The van der Waals surface area contributed by atoms with Crippen molar-refractivity contribution < 1.29 is 13.9 Å². The zero-order valence-electron chi connectivity index (χ0n) is 12.1. The standard InChI is InChI=1S/C15H21FN2O2/c1-15(2,3)20-14(19)18-9-10-6-11-7-12(16)4-5-13(11)17-8-10/h4-5,7,10,17H,6,8-9H2,1-3H3,(H,18,19). The predicted octanol–water partition coefficient (Wildman–Crippen LogP) is 2.93. The molecule has 0 radical (unpaired) electrons. The van der Waals surface area contributed by atoms with Gasteiger partial charge in [0.2, 0.25) is 0 Å². The molecule has 0 aliphatic carbocycles. The van der Waals surface area contributed by atoms with Gasteiger partial charge in [-0.3, -0.25) is 0 Å². The Balaban J connectivity index is 1.86. The van der Waals surface area contributed by atoms with Gasteiger partial charge in [-0.15, -0.1) is 0 Å². The minimum atomic E-state index is -0.495. The summed E-state index contributed by atoms with van der Waals surface area (Å²) in [5.41, 5.74) is 1.43. The number of hydrogen-bond donors (Lipinski definition) is 2. The van der Waals surface area contributed by atoms with Crippen LogP contribution in [-0.4, -0.2) is 24.8 Å². The van der Waals surface area contributed by atoms with Crippen molar-refractivity contribution >= 4 is 11.8 Å². The minimum absolute atomic E-state index is 0.230. The summed E-state index contributed by atoms with van der Waals surface area (Å²) in [6.45, 7) is 6.75. The fourth-order valence-electron chi connectivity index (χ4n) is 2.23. The van der Waals surface area contributed by atoms with Crippen molar-refractivity contribution in [3.8, 4) is 0 Å². The summed E-state index contributed by atoms with van der Waals surface area (Å²) in [6, 6.07) is 4.75. The van der Waals surface area contributed by atoms with Crippen molar-refractivity contribution in [2.24, 2.45) is 5.92 Å². The Labute approximate surface area is 118 Å². The molecule has 5 heteroatoms. The third-order valence-corrected chi connectivity index (χ3v) is 3.09. The van der Waals surface area contributed by atoms with Crippen LogP contribution in [0.1, 0.15) is 26.3 Å². The Morgan fingerprint density at radius 2 is 2.25 bits per heavy atom. The summed E-state index contributed by atoms with van der Waals surface area (Å²) >= 11 is 0. The Bertz CT molecular complexity index is 497. The molecule has 4 nitrogen and oxygen atoms in total. The highest BCUT2D eigenvalue weighted by molar-refractivity contribution is 5.67. The number of fused-ring (bicyclic) bond motifs is 1. The average Bonchev–Trinajstić information content (AvgIpc) is 2.33. The molecule has 0 aromatic heterocycles. The number of carbonyl (C=O) groups is 1. The van der Waals surface area contributed by atoms with E-state index in [0.29, 0.717) is 6.54 Å². The second-order valence-electron chi connectivity index (χ2n) is 6.14. The zero-order valence-corrected chi connectivity index (χ0v) is 12.1. The molecule has 0 bridgehead atoms. The fraction of sp³-hybridized carbons (Fsp3) is 0.533. The highest BCUT2D eigenvalue weighted by Gasteiger charge is 2.21. The highest BCUT2D eigenvalue weighted by Crippen LogP contribution is 2.25. The highest BCUT2D eigenvalue weighted by atomic mass is 19.1. The molecule has 0 spiro atoms. The Kier molecular flexibility index (Phi) is 4.16. The van der Waals surface area contributed by atoms with Crippen molar-refractivity contribution in [3.05, 3.63) is 29.6 Å². The van der Waals surface area contributed by atoms with Crippen molar-refractivity contribution in [3.63, 3.8) is 0 Å². The summed E-state index contributed by atoms with van der Waals surface area (Å²) in [7, 11) is 0. The van der Waals surface area contributed by atoms with Gasteiger partial charge in [-0.2, -0.15) is 0 Å². The molecule has 1 unspecified atom stereocenters. The largest absolute Gasteiger partial charge is 0.444 e. The first-order valence-electron chi connectivity index (χ1n) is 6.82. The number of halogens is 1. The summed E-state index contributed by atoms with van der Waals surface area (Å²) < 4.78 is 18.4. The normalized spacial score (nSPS) is 17.9. The SMILES string of the molecule is CC(C)(C)OC(=O)NCC1CNc2ccc(F)cc2C1. The van der Waals surface area contributed by atoms with Gasteiger partial charge in [-0.25, -0.2) is 9.18 Å². The van der Waals surface area contributed by atoms with Gasteiger partial charge in [0.25, 0.3) is 0 Å². The first-order chi connectivity index (χ1) is 9.33. The number of benzene rings is 1. The molecule has 1 aliphatic rings. The summed E-state index contributed by atoms with van der Waals surface area (Å²) in [5.74, 6) is 0.00289. The summed E-state index contributed by atoms with van der Waals surface area (Å²) in [6.07, 6.45) is 0.332. The number of rotatable bonds is 2. The number of nitrogens with one attached hydrogen (secondary N) is 2. The lowest BCUT2D eigenvalue weighted by molar-refractivity contribution is 0.0520. The monoisotopic (exact) mass is 280 g/mol. The summed E-state index contributed by atoms with van der Waals surface area (Å²) in [4.78, 5) is 11.6. The third kappa shape index (κ3) is 4.11. The van der Waals surface area contributed by atoms with Crippen LogP contribution in [0.4, 0.5) is 14.9 Å². The van der Waals surface area contributed by atoms with Crippen LogP contribution < -0.4 is 10.6 Å². The first kappa shape index (κ1) is 14.6. The first-order valence-corrected chi connectivity index (χ1v) is 6.82. The Morgan fingerprint density at radius 3 is 2.95 bits per heavy atom. The number of alkyl carbamates (subject to hydrolysis) is 1. The molecule has 2 rings (SSSR count). The molecule has 0 saturated heterocycles. The van der Waals surface area contributed by atoms with E-state index in [-0.39, 0.29) is 11.7 Å². The minimum Gasteiger partial charge on any atom is -0.444 e. The number of ether oxygens (including phenoxy) is 1. The predicted molar refractivity (Wildman–Crippen MR) is 76.3 cm³/mol. The molecule has 0 fully saturated rings. The number of amides is 1. The van der Waals surface area contributed by atoms with E-state index in [1.165, 1.54) is 6.07 Å². The maximum atomic E-state index is 13.2. The fourth-order valence-corrected chi connectivity index (χ4v) is 2.23. The van der Waals surface area contributed by atoms with E-state index < -0.39 is 11.7 Å². The van der Waals surface area contributed by atoms with Gasteiger partial charge < -0.3 is 15.4 Å². The van der Waals surface area contributed by atoms with Crippen molar-refractivity contribution in [2.75, 3.05) is 18.4 Å². The van der Waals surface area contributed by atoms with E-state index in [4.69, 9.17) is 4.74 Å². The molecule has 1 heterocycles. The molecule has 20 heavy (non-hydrogen) atoms. The van der Waals surface area contributed by atoms with E-state index in [2.05, 4.69) is 10.6 Å². The van der Waals surface area contributed by atoms with E-state index in [1.54, 1.807) is 12.1 Å². The molecule has 1 amide bonds. The van der Waals surface area contributed by atoms with Gasteiger partial charge in [-0.1, -0.05) is 0 Å². The van der Waals surface area contributed by atoms with Gasteiger partial charge in [0.15, 0.2) is 0 Å². The van der Waals surface area contributed by atoms with Crippen LogP contribution in [-0.2, 0) is 11.2 Å². The van der Waals surface area contributed by atoms with Crippen LogP contribution in [0, 0.1) is 11.7 Å². The zero-order chi connectivity index (χ0) is 14.8. The molecule has 0 saturated carbocycles. The maximum absolute atomic E-state index is 13.2. The molecule has 1 aliphatic heterocycles. The van der Waals surface area contributed by atoms with Crippen molar-refractivity contribution in [1.29, 1.82) is 0 Å². The van der Waals surface area contributed by atoms with E-state index in [1.807, 2.05) is 20.8 Å². The average molecular weight is 280 g/mol. The third-order valence-electron chi connectivity index (χ3n) is 3.09. The van der Waals surface area contributed by atoms with Crippen LogP contribution in [0.25, 0.3) is 0 Å². The molecule has 110 valence electrons. The van der Waals surface area contributed by atoms with Gasteiger partial charge in [0.1, 0.15) is 11.4 Å². The van der Waals surface area contributed by atoms with Crippen molar-refractivity contribution in [2.45, 2.75) is 32.8 Å². The lowest BCUT2D eigenvalue weighted by atomic mass is 9.94. The van der Waals surface area contributed by atoms with Crippen molar-refractivity contribution in [1.82, 2.24) is 5.32 Å². The molecular weight excluding hydrogens is 259 g/mol. The topological polar surface area (TPSA) is 50.4 Å². The van der Waals surface area contributed by atoms with Gasteiger partial charge >= 0.3 is 6.09 Å². The molecule has 1 atom stereocenters. The number of carbonyl (C=O) groups excluding carboxylic acids is 1. The second kappa shape index (κ2) is 5.69. The molecule has 2 N–H and O–H groups in total. The van der Waals surface area contributed by atoms with E-state index >= 15 is 0 Å². The van der Waals surface area contributed by atoms with Crippen LogP contribution in [0.3, 0.4) is 0 Å². The lowest BCUT2D eigenvalue weighted by Gasteiger charge is -2.27. The van der Waals surface area contributed by atoms with Gasteiger partial charge in [-0.05, 0) is 56.9 Å². The van der Waals surface area contributed by atoms with Gasteiger partial charge in [0, 0.05) is 18.8 Å². The van der Waals surface area contributed by atoms with Crippen LogP contribution in [0.5, 0.6) is 0 Å². The van der Waals surface area contributed by atoms with Crippen LogP contribution in [0.15, 0.2) is 18.2 Å². The maximum Gasteiger partial charge on any atom is 0.407 e. The quantitative estimate of drug-likeness (QED) is 0.875. The van der Waals surface area contributed by atoms with E-state index in [0.717, 1.165) is 24.2 Å². The summed E-state index contributed by atoms with van der Waals surface area (Å²) in [5, 5.41) is 6.01. The van der Waals surface area contributed by atoms with Crippen LogP contribution >= 0.6 is 0 Å². The Morgan fingerprint density at radius 1 is 1.50 bits per heavy atom. The molecular formula is C15H21FN2O2.